The third-order valence-corrected chi connectivity index (χ3v) is 7.51. The van der Waals surface area contributed by atoms with Crippen LogP contribution in [0.2, 0.25) is 0 Å². The molecule has 3 aromatic carbocycles. The van der Waals surface area contributed by atoms with Gasteiger partial charge in [-0.05, 0) is 96.7 Å². The van der Waals surface area contributed by atoms with Crippen molar-refractivity contribution in [2.24, 2.45) is 0 Å². The predicted octanol–water partition coefficient (Wildman–Crippen LogP) is 1.41. The van der Waals surface area contributed by atoms with Crippen molar-refractivity contribution in [3.63, 3.8) is 0 Å². The van der Waals surface area contributed by atoms with E-state index in [0.717, 1.165) is 0 Å². The van der Waals surface area contributed by atoms with Gasteiger partial charge in [-0.1, -0.05) is 35.6 Å². The van der Waals surface area contributed by atoms with Crippen molar-refractivity contribution in [2.75, 3.05) is 5.32 Å². The van der Waals surface area contributed by atoms with Crippen molar-refractivity contribution in [3.8, 4) is 5.75 Å². The van der Waals surface area contributed by atoms with Gasteiger partial charge in [0.2, 0.25) is 0 Å². The molecule has 0 radical (unpaired) electrons. The topological polar surface area (TPSA) is 181 Å². The summed E-state index contributed by atoms with van der Waals surface area (Å²) in [4.78, 5) is 35.8. The fourth-order valence-corrected chi connectivity index (χ4v) is 5.25. The molecule has 0 spiro atoms. The molecule has 42 heavy (non-hydrogen) atoms. The molecule has 1 aliphatic carbocycles. The fraction of sp³-hybridized carbons (Fsp3) is 0.100. The van der Waals surface area contributed by atoms with Crippen LogP contribution in [0.25, 0.3) is 5.57 Å². The van der Waals surface area contributed by atoms with Gasteiger partial charge in [-0.25, -0.2) is 9.59 Å². The first-order chi connectivity index (χ1) is 19.2. The maximum Gasteiger partial charge on any atom is 1.00 e. The van der Waals surface area contributed by atoms with E-state index in [2.05, 4.69) is 5.32 Å². The Hall–Kier alpha value is -4.00. The van der Waals surface area contributed by atoms with E-state index in [4.69, 9.17) is 0 Å². The van der Waals surface area contributed by atoms with Gasteiger partial charge in [0, 0.05) is 11.4 Å². The number of allylic oxidation sites excluding steroid dienone is 4. The molecule has 10 nitrogen and oxygen atoms in total. The quantitative estimate of drug-likeness (QED) is 0.177. The van der Waals surface area contributed by atoms with E-state index >= 15 is 0 Å². The van der Waals surface area contributed by atoms with Crippen molar-refractivity contribution in [1.82, 2.24) is 0 Å². The average molecular weight is 598 g/mol. The number of carbonyl (C=O) groups is 3. The number of aromatic carboxylic acids is 1. The third-order valence-electron chi connectivity index (χ3n) is 6.52. The molecular weight excluding hydrogens is 573 g/mol. The monoisotopic (exact) mass is 597 g/mol. The van der Waals surface area contributed by atoms with Gasteiger partial charge in [0.1, 0.15) is 5.57 Å². The molecule has 3 aromatic rings. The molecule has 0 fully saturated rings. The smallest absolute Gasteiger partial charge is 0.872 e. The SMILES string of the molecule is CC1=C/C(=C(/c2ccc(Nc3ccc(C)c(S(=O)(=O)O)c3)cc2)c2cc(C)c([O-])c(C(=O)O)c2)C=C(C(=O)O)C1=O.[Na+]. The van der Waals surface area contributed by atoms with E-state index in [1.807, 2.05) is 0 Å². The van der Waals surface area contributed by atoms with Gasteiger partial charge in [-0.3, -0.25) is 9.35 Å². The number of nitrogens with one attached hydrogen (secondary N) is 1. The first kappa shape index (κ1) is 32.5. The van der Waals surface area contributed by atoms with Crippen molar-refractivity contribution >= 4 is 44.8 Å². The normalized spacial score (nSPS) is 14.3. The van der Waals surface area contributed by atoms with Gasteiger partial charge in [0.25, 0.3) is 10.1 Å². The number of benzene rings is 3. The number of ketones is 1. The molecule has 0 saturated carbocycles. The number of hydrogen-bond donors (Lipinski definition) is 4. The molecule has 12 heteroatoms. The summed E-state index contributed by atoms with van der Waals surface area (Å²) < 4.78 is 32.8. The van der Waals surface area contributed by atoms with Gasteiger partial charge >= 0.3 is 41.5 Å². The van der Waals surface area contributed by atoms with Gasteiger partial charge in [-0.2, -0.15) is 8.42 Å². The van der Waals surface area contributed by atoms with Gasteiger partial charge < -0.3 is 20.6 Å². The van der Waals surface area contributed by atoms with Crippen LogP contribution in [0.15, 0.2) is 88.4 Å². The molecule has 1 aliphatic rings. The number of carboxylic acid groups (broad SMARTS) is 2. The van der Waals surface area contributed by atoms with Crippen LogP contribution in [0.3, 0.4) is 0 Å². The van der Waals surface area contributed by atoms with E-state index < -0.39 is 44.7 Å². The predicted molar refractivity (Wildman–Crippen MR) is 149 cm³/mol. The second kappa shape index (κ2) is 12.5. The summed E-state index contributed by atoms with van der Waals surface area (Å²) in [5.74, 6) is -4.14. The summed E-state index contributed by atoms with van der Waals surface area (Å²) in [6.07, 6.45) is 2.71. The molecule has 0 bridgehead atoms. The average Bonchev–Trinajstić information content (AvgIpc) is 2.89. The summed E-state index contributed by atoms with van der Waals surface area (Å²) in [6, 6.07) is 13.8. The standard InChI is InChI=1S/C30H25NO9S.Na/c1-15-4-7-22(14-25(15)41(38,39)40)31-21-8-5-18(6-9-21)26(19-10-16(2)27(32)23(12-19)29(34)35)20-11-17(3)28(33)24(13-20)30(36)37;/h4-14,31-32H,1-3H3,(H,34,35)(H,36,37)(H,38,39,40);/q;+1/p-1/b26-20+;. The molecule has 210 valence electrons. The number of carboxylic acids is 2. The number of rotatable bonds is 7. The van der Waals surface area contributed by atoms with Crippen LogP contribution in [0.5, 0.6) is 5.75 Å². The zero-order chi connectivity index (χ0) is 30.2. The van der Waals surface area contributed by atoms with E-state index in [1.54, 1.807) is 37.3 Å². The Morgan fingerprint density at radius 2 is 1.43 bits per heavy atom. The number of Topliss-reactive ketones (excluding diaryl/α,β-unsaturated/α-hetero) is 1. The zero-order valence-corrected chi connectivity index (χ0v) is 25.9. The van der Waals surface area contributed by atoms with E-state index in [-0.39, 0.29) is 45.6 Å². The minimum absolute atomic E-state index is 0. The van der Waals surface area contributed by atoms with Crippen LogP contribution in [-0.2, 0) is 19.7 Å². The fourth-order valence-electron chi connectivity index (χ4n) is 4.50. The van der Waals surface area contributed by atoms with Crippen molar-refractivity contribution < 1.29 is 72.2 Å². The van der Waals surface area contributed by atoms with Crippen LogP contribution >= 0.6 is 0 Å². The summed E-state index contributed by atoms with van der Waals surface area (Å²) in [6.45, 7) is 4.49. The molecular formula is C30H24NNaO9S. The Labute approximate surface area is 263 Å². The summed E-state index contributed by atoms with van der Waals surface area (Å²) >= 11 is 0. The molecule has 0 heterocycles. The molecule has 4 N–H and O–H groups in total. The van der Waals surface area contributed by atoms with Gasteiger partial charge in [-0.15, -0.1) is 0 Å². The number of carbonyl (C=O) groups excluding carboxylic acids is 1. The minimum Gasteiger partial charge on any atom is -0.872 e. The number of anilines is 2. The molecule has 0 aromatic heterocycles. The van der Waals surface area contributed by atoms with Crippen molar-refractivity contribution in [2.45, 2.75) is 25.7 Å². The zero-order valence-electron chi connectivity index (χ0n) is 23.1. The largest absolute Gasteiger partial charge is 1.00 e. The second-order valence-electron chi connectivity index (χ2n) is 9.48. The molecule has 0 amide bonds. The maximum atomic E-state index is 12.5. The third kappa shape index (κ3) is 6.72. The Kier molecular flexibility index (Phi) is 9.66. The van der Waals surface area contributed by atoms with Crippen LogP contribution in [0.1, 0.15) is 39.5 Å². The maximum absolute atomic E-state index is 12.5. The summed E-state index contributed by atoms with van der Waals surface area (Å²) in [5, 5.41) is 34.7. The Morgan fingerprint density at radius 1 is 0.810 bits per heavy atom. The Bertz CT molecular complexity index is 1840. The molecule has 0 saturated heterocycles. The number of aryl methyl sites for hydroxylation is 2. The molecule has 4 rings (SSSR count). The number of aliphatic carboxylic acids is 1. The first-order valence-corrected chi connectivity index (χ1v) is 13.5. The van der Waals surface area contributed by atoms with Crippen LogP contribution in [0, 0.1) is 13.8 Å². The summed E-state index contributed by atoms with van der Waals surface area (Å²) in [5.41, 5.74) is 2.26. The van der Waals surface area contributed by atoms with E-state index in [1.165, 1.54) is 50.3 Å². The summed E-state index contributed by atoms with van der Waals surface area (Å²) in [7, 11) is -4.43. The minimum atomic E-state index is -4.43. The van der Waals surface area contributed by atoms with Crippen LogP contribution in [0.4, 0.5) is 11.4 Å². The Morgan fingerprint density at radius 3 is 2.00 bits per heavy atom. The molecule has 0 aliphatic heterocycles. The number of hydrogen-bond acceptors (Lipinski definition) is 7. The molecule has 0 atom stereocenters. The Balaban J connectivity index is 0.00000484. The second-order valence-corrected chi connectivity index (χ2v) is 10.9. The van der Waals surface area contributed by atoms with Gasteiger partial charge in [0.05, 0.1) is 10.5 Å². The van der Waals surface area contributed by atoms with Crippen molar-refractivity contribution in [3.05, 3.63) is 111 Å². The molecule has 0 unspecified atom stereocenters. The van der Waals surface area contributed by atoms with E-state index in [9.17, 15) is 42.7 Å². The first-order valence-electron chi connectivity index (χ1n) is 12.1. The van der Waals surface area contributed by atoms with Crippen molar-refractivity contribution in [1.29, 1.82) is 0 Å². The van der Waals surface area contributed by atoms with Crippen LogP contribution < -0.4 is 40.0 Å². The van der Waals surface area contributed by atoms with Crippen LogP contribution in [-0.4, -0.2) is 40.9 Å². The van der Waals surface area contributed by atoms with Gasteiger partial charge in [0.15, 0.2) is 5.78 Å². The van der Waals surface area contributed by atoms with E-state index in [0.29, 0.717) is 39.2 Å².